The molecule has 96 valence electrons. The van der Waals surface area contributed by atoms with Crippen LogP contribution >= 0.6 is 0 Å². The van der Waals surface area contributed by atoms with Crippen molar-refractivity contribution in [2.45, 2.75) is 13.3 Å². The van der Waals surface area contributed by atoms with Crippen LogP contribution in [0.25, 0.3) is 0 Å². The molecule has 0 aromatic heterocycles. The molecule has 0 atom stereocenters. The minimum absolute atomic E-state index is 0.151. The highest BCUT2D eigenvalue weighted by Gasteiger charge is 2.15. The number of hydrogen-bond donors (Lipinski definition) is 1. The highest BCUT2D eigenvalue weighted by Crippen LogP contribution is 2.07. The second-order valence-corrected chi connectivity index (χ2v) is 4.87. The van der Waals surface area contributed by atoms with Gasteiger partial charge in [-0.1, -0.05) is 0 Å². The molecule has 0 saturated heterocycles. The zero-order valence-corrected chi connectivity index (χ0v) is 10.4. The molecule has 0 saturated carbocycles. The number of rotatable bonds is 5. The molecule has 0 aromatic carbocycles. The lowest BCUT2D eigenvalue weighted by molar-refractivity contribution is -0.134. The van der Waals surface area contributed by atoms with Crippen molar-refractivity contribution < 1.29 is 22.2 Å². The van der Waals surface area contributed by atoms with E-state index in [1.807, 2.05) is 0 Å². The largest absolute Gasteiger partial charge is 0.461 e. The van der Waals surface area contributed by atoms with E-state index < -0.39 is 16.1 Å². The van der Waals surface area contributed by atoms with Crippen molar-refractivity contribution in [3.8, 4) is 0 Å². The molecule has 1 N–H and O–H groups in total. The molecule has 0 amide bonds. The number of aliphatic imine (C=N–C) groups is 1. The maximum atomic E-state index is 11.4. The van der Waals surface area contributed by atoms with E-state index in [1.54, 1.807) is 6.92 Å². The molecule has 0 aliphatic carbocycles. The quantitative estimate of drug-likeness (QED) is 0.543. The topological polar surface area (TPSA) is 94.1 Å². The normalized spacial score (nSPS) is 15.9. The SMILES string of the molecule is CCOC(=O)C1=NCCC(NOS(C)(=O)=O)=C1. The van der Waals surface area contributed by atoms with Gasteiger partial charge in [0.1, 0.15) is 5.71 Å². The monoisotopic (exact) mass is 262 g/mol. The van der Waals surface area contributed by atoms with Crippen LogP contribution in [0.15, 0.2) is 16.8 Å². The molecule has 0 bridgehead atoms. The van der Waals surface area contributed by atoms with Gasteiger partial charge in [-0.25, -0.2) is 4.79 Å². The molecule has 0 fully saturated rings. The lowest BCUT2D eigenvalue weighted by atomic mass is 10.2. The van der Waals surface area contributed by atoms with Crippen LogP contribution in [0.1, 0.15) is 13.3 Å². The van der Waals surface area contributed by atoms with Gasteiger partial charge in [-0.05, 0) is 13.0 Å². The van der Waals surface area contributed by atoms with Crippen LogP contribution in [-0.2, 0) is 23.9 Å². The highest BCUT2D eigenvalue weighted by molar-refractivity contribution is 7.85. The summed E-state index contributed by atoms with van der Waals surface area (Å²) in [6.07, 6.45) is 2.80. The molecule has 0 aromatic rings. The number of hydrogen-bond acceptors (Lipinski definition) is 7. The van der Waals surface area contributed by atoms with E-state index in [0.29, 0.717) is 18.7 Å². The van der Waals surface area contributed by atoms with Crippen molar-refractivity contribution in [3.63, 3.8) is 0 Å². The number of carbonyl (C=O) groups excluding carboxylic acids is 1. The summed E-state index contributed by atoms with van der Waals surface area (Å²) < 4.78 is 30.7. The smallest absolute Gasteiger partial charge is 0.356 e. The fourth-order valence-corrected chi connectivity index (χ4v) is 1.38. The number of carbonyl (C=O) groups is 1. The van der Waals surface area contributed by atoms with Crippen LogP contribution in [-0.4, -0.2) is 39.5 Å². The molecule has 0 spiro atoms. The number of nitrogens with one attached hydrogen (secondary N) is 1. The molecule has 7 nitrogen and oxygen atoms in total. The summed E-state index contributed by atoms with van der Waals surface area (Å²) in [4.78, 5) is 15.3. The van der Waals surface area contributed by atoms with E-state index in [-0.39, 0.29) is 12.3 Å². The summed E-state index contributed by atoms with van der Waals surface area (Å²) in [7, 11) is -3.58. The molecule has 1 aliphatic rings. The van der Waals surface area contributed by atoms with E-state index in [2.05, 4.69) is 14.8 Å². The van der Waals surface area contributed by atoms with Crippen molar-refractivity contribution in [2.75, 3.05) is 19.4 Å². The summed E-state index contributed by atoms with van der Waals surface area (Å²) in [5, 5.41) is 0. The predicted octanol–water partition coefficient (Wildman–Crippen LogP) is -0.241. The average molecular weight is 262 g/mol. The first-order chi connectivity index (χ1) is 7.92. The number of dihydropyridines is 1. The maximum Gasteiger partial charge on any atom is 0.356 e. The number of hydroxylamine groups is 1. The van der Waals surface area contributed by atoms with E-state index in [0.717, 1.165) is 6.26 Å². The van der Waals surface area contributed by atoms with Gasteiger partial charge in [-0.2, -0.15) is 12.7 Å². The summed E-state index contributed by atoms with van der Waals surface area (Å²) in [5.74, 6) is -0.536. The lowest BCUT2D eigenvalue weighted by Gasteiger charge is -2.13. The molecule has 0 unspecified atom stereocenters. The Morgan fingerprint density at radius 2 is 2.29 bits per heavy atom. The molecule has 1 aliphatic heterocycles. The first-order valence-electron chi connectivity index (χ1n) is 4.99. The third-order valence-corrected chi connectivity index (χ3v) is 2.17. The summed E-state index contributed by atoms with van der Waals surface area (Å²) in [5.41, 5.74) is 2.89. The van der Waals surface area contributed by atoms with E-state index >= 15 is 0 Å². The number of nitrogens with zero attached hydrogens (tertiary/aromatic N) is 1. The Kier molecular flexibility index (Phi) is 4.64. The van der Waals surface area contributed by atoms with Crippen molar-refractivity contribution >= 4 is 21.8 Å². The molecule has 1 heterocycles. The first kappa shape index (κ1) is 13.7. The zero-order valence-electron chi connectivity index (χ0n) is 9.60. The Bertz CT molecular complexity index is 452. The van der Waals surface area contributed by atoms with Crippen LogP contribution < -0.4 is 5.48 Å². The van der Waals surface area contributed by atoms with Crippen LogP contribution in [0.4, 0.5) is 0 Å². The third-order valence-electron chi connectivity index (χ3n) is 1.78. The second-order valence-electron chi connectivity index (χ2n) is 3.30. The van der Waals surface area contributed by atoms with Gasteiger partial charge in [0.25, 0.3) is 10.1 Å². The van der Waals surface area contributed by atoms with Crippen LogP contribution in [0.2, 0.25) is 0 Å². The Morgan fingerprint density at radius 1 is 1.59 bits per heavy atom. The molecule has 1 rings (SSSR count). The molecular weight excluding hydrogens is 248 g/mol. The Morgan fingerprint density at radius 3 is 2.88 bits per heavy atom. The summed E-state index contributed by atoms with van der Waals surface area (Å²) >= 11 is 0. The molecule has 17 heavy (non-hydrogen) atoms. The fourth-order valence-electron chi connectivity index (χ4n) is 1.12. The summed E-state index contributed by atoms with van der Waals surface area (Å²) in [6.45, 7) is 2.32. The lowest BCUT2D eigenvalue weighted by Crippen LogP contribution is -2.25. The fraction of sp³-hybridized carbons (Fsp3) is 0.556. The highest BCUT2D eigenvalue weighted by atomic mass is 32.2. The minimum Gasteiger partial charge on any atom is -0.461 e. The van der Waals surface area contributed by atoms with Gasteiger partial charge in [0.05, 0.1) is 12.9 Å². The van der Waals surface area contributed by atoms with Crippen molar-refractivity contribution in [1.82, 2.24) is 5.48 Å². The van der Waals surface area contributed by atoms with Gasteiger partial charge < -0.3 is 4.74 Å². The molecular formula is C9H14N2O5S. The van der Waals surface area contributed by atoms with E-state index in [1.165, 1.54) is 6.08 Å². The summed E-state index contributed by atoms with van der Waals surface area (Å²) in [6, 6.07) is 0. The van der Waals surface area contributed by atoms with Crippen LogP contribution in [0, 0.1) is 0 Å². The Labute approximate surface area is 99.6 Å². The average Bonchev–Trinajstić information content (AvgIpc) is 2.26. The van der Waals surface area contributed by atoms with E-state index in [9.17, 15) is 13.2 Å². The van der Waals surface area contributed by atoms with Crippen molar-refractivity contribution in [3.05, 3.63) is 11.8 Å². The van der Waals surface area contributed by atoms with Gasteiger partial charge >= 0.3 is 5.97 Å². The third kappa shape index (κ3) is 4.96. The van der Waals surface area contributed by atoms with E-state index in [4.69, 9.17) is 4.74 Å². The van der Waals surface area contributed by atoms with Gasteiger partial charge in [0.2, 0.25) is 0 Å². The standard InChI is InChI=1S/C9H14N2O5S/c1-3-15-9(12)8-6-7(4-5-10-8)11-16-17(2,13)14/h6,11H,3-5H2,1-2H3. The number of esters is 1. The zero-order chi connectivity index (χ0) is 12.9. The van der Waals surface area contributed by atoms with Gasteiger partial charge in [0, 0.05) is 18.7 Å². The maximum absolute atomic E-state index is 11.4. The molecule has 0 radical (unpaired) electrons. The van der Waals surface area contributed by atoms with Crippen molar-refractivity contribution in [1.29, 1.82) is 0 Å². The first-order valence-corrected chi connectivity index (χ1v) is 6.80. The Balaban J connectivity index is 2.63. The van der Waals surface area contributed by atoms with Gasteiger partial charge in [-0.3, -0.25) is 10.5 Å². The second kappa shape index (κ2) is 5.78. The number of ether oxygens (including phenoxy) is 1. The molecule has 8 heteroatoms. The van der Waals surface area contributed by atoms with Crippen molar-refractivity contribution in [2.24, 2.45) is 4.99 Å². The van der Waals surface area contributed by atoms with Crippen LogP contribution in [0.3, 0.4) is 0 Å². The Hall–Kier alpha value is -1.41. The van der Waals surface area contributed by atoms with Gasteiger partial charge in [-0.15, -0.1) is 0 Å². The predicted molar refractivity (Wildman–Crippen MR) is 60.7 cm³/mol. The van der Waals surface area contributed by atoms with Gasteiger partial charge in [0.15, 0.2) is 0 Å². The van der Waals surface area contributed by atoms with Crippen LogP contribution in [0.5, 0.6) is 0 Å². The minimum atomic E-state index is -3.58.